The Hall–Kier alpha value is -1.19. The number of ether oxygens (including phenoxy) is 2. The van der Waals surface area contributed by atoms with Gasteiger partial charge >= 0.3 is 0 Å². The number of benzene rings is 1. The molecule has 0 radical (unpaired) electrons. The number of hydrogen-bond donors (Lipinski definition) is 1. The second-order valence-electron chi connectivity index (χ2n) is 7.58. The number of piperidine rings is 1. The van der Waals surface area contributed by atoms with Gasteiger partial charge in [-0.2, -0.15) is 0 Å². The second kappa shape index (κ2) is 8.45. The summed E-state index contributed by atoms with van der Waals surface area (Å²) in [6.07, 6.45) is 1.90. The molecule has 0 unspecified atom stereocenters. The minimum Gasteiger partial charge on any atom is -0.496 e. The van der Waals surface area contributed by atoms with Crippen LogP contribution in [0.1, 0.15) is 18.4 Å². The number of nitrogens with zero attached hydrogens (tertiary/aromatic N) is 2. The zero-order chi connectivity index (χ0) is 19.5. The van der Waals surface area contributed by atoms with E-state index in [1.54, 1.807) is 25.3 Å². The summed E-state index contributed by atoms with van der Waals surface area (Å²) in [5.74, 6) is 0.689. The lowest BCUT2D eigenvalue weighted by Gasteiger charge is -2.49. The first-order chi connectivity index (χ1) is 12.9. The van der Waals surface area contributed by atoms with Gasteiger partial charge in [-0.25, -0.2) is 13.1 Å². The first kappa shape index (κ1) is 20.5. The van der Waals surface area contributed by atoms with Crippen LogP contribution in [0.5, 0.6) is 5.75 Å². The fraction of sp³-hybridized carbons (Fsp3) is 0.684. The molecule has 0 bridgehead atoms. The highest BCUT2D eigenvalue weighted by Crippen LogP contribution is 2.30. The normalized spacial score (nSPS) is 21.9. The number of hydrogen-bond acceptors (Lipinski definition) is 6. The van der Waals surface area contributed by atoms with E-state index in [0.29, 0.717) is 25.5 Å². The monoisotopic (exact) mass is 397 g/mol. The largest absolute Gasteiger partial charge is 0.496 e. The topological polar surface area (TPSA) is 71.1 Å². The summed E-state index contributed by atoms with van der Waals surface area (Å²) in [7, 11) is 0.128. The molecule has 0 amide bonds. The molecular formula is C19H31N3O4S. The van der Waals surface area contributed by atoms with Crippen LogP contribution in [0, 0.1) is 6.92 Å². The molecule has 1 aromatic carbocycles. The SMILES string of the molecule is COc1ccc(S(=O)(=O)NCC2(N3CCOCC3)CCN(C)CC2)cc1C. The molecular weight excluding hydrogens is 366 g/mol. The molecule has 3 rings (SSSR count). The van der Waals surface area contributed by atoms with Crippen molar-refractivity contribution in [1.82, 2.24) is 14.5 Å². The smallest absolute Gasteiger partial charge is 0.240 e. The van der Waals surface area contributed by atoms with E-state index >= 15 is 0 Å². The number of nitrogens with one attached hydrogen (secondary N) is 1. The maximum absolute atomic E-state index is 12.9. The maximum Gasteiger partial charge on any atom is 0.240 e. The first-order valence-electron chi connectivity index (χ1n) is 9.52. The van der Waals surface area contributed by atoms with Gasteiger partial charge in [0.1, 0.15) is 5.75 Å². The number of rotatable bonds is 6. The lowest BCUT2D eigenvalue weighted by molar-refractivity contribution is -0.0427. The first-order valence-corrected chi connectivity index (χ1v) is 11.0. The summed E-state index contributed by atoms with van der Waals surface area (Å²) >= 11 is 0. The van der Waals surface area contributed by atoms with Crippen molar-refractivity contribution in [2.75, 3.05) is 60.1 Å². The zero-order valence-electron chi connectivity index (χ0n) is 16.5. The molecule has 2 aliphatic heterocycles. The molecule has 1 N–H and O–H groups in total. The summed E-state index contributed by atoms with van der Waals surface area (Å²) in [6, 6.07) is 4.97. The van der Waals surface area contributed by atoms with E-state index in [2.05, 4.69) is 21.6 Å². The summed E-state index contributed by atoms with van der Waals surface area (Å²) in [4.78, 5) is 5.01. The maximum atomic E-state index is 12.9. The van der Waals surface area contributed by atoms with Gasteiger partial charge in [0.15, 0.2) is 0 Å². The van der Waals surface area contributed by atoms with Gasteiger partial charge in [0, 0.05) is 25.2 Å². The van der Waals surface area contributed by atoms with Crippen LogP contribution in [0.2, 0.25) is 0 Å². The van der Waals surface area contributed by atoms with Crippen LogP contribution in [-0.4, -0.2) is 83.9 Å². The Labute approximate surface area is 162 Å². The van der Waals surface area contributed by atoms with Crippen LogP contribution >= 0.6 is 0 Å². The van der Waals surface area contributed by atoms with Gasteiger partial charge in [-0.1, -0.05) is 0 Å². The zero-order valence-corrected chi connectivity index (χ0v) is 17.3. The van der Waals surface area contributed by atoms with Gasteiger partial charge in [0.2, 0.25) is 10.0 Å². The van der Waals surface area contributed by atoms with E-state index in [1.165, 1.54) is 0 Å². The summed E-state index contributed by atoms with van der Waals surface area (Å²) < 4.78 is 39.5. The number of sulfonamides is 1. The van der Waals surface area contributed by atoms with Crippen LogP contribution in [0.3, 0.4) is 0 Å². The van der Waals surface area contributed by atoms with E-state index in [-0.39, 0.29) is 10.4 Å². The van der Waals surface area contributed by atoms with Crippen molar-refractivity contribution in [2.24, 2.45) is 0 Å². The van der Waals surface area contributed by atoms with Gasteiger partial charge in [-0.15, -0.1) is 0 Å². The molecule has 1 aromatic rings. The Balaban J connectivity index is 1.76. The van der Waals surface area contributed by atoms with E-state index in [4.69, 9.17) is 9.47 Å². The van der Waals surface area contributed by atoms with E-state index in [1.807, 2.05) is 6.92 Å². The standard InChI is InChI=1S/C19H31N3O4S/c1-16-14-17(4-5-18(16)25-3)27(23,24)20-15-19(6-8-21(2)9-7-19)22-10-12-26-13-11-22/h4-5,14,20H,6-13,15H2,1-3H3. The molecule has 8 heteroatoms. The molecule has 0 aromatic heterocycles. The van der Waals surface area contributed by atoms with Crippen molar-refractivity contribution in [3.8, 4) is 5.75 Å². The van der Waals surface area contributed by atoms with E-state index in [0.717, 1.165) is 44.6 Å². The molecule has 2 heterocycles. The number of aryl methyl sites for hydroxylation is 1. The third kappa shape index (κ3) is 4.63. The molecule has 7 nitrogen and oxygen atoms in total. The Bertz CT molecular complexity index is 739. The minimum absolute atomic E-state index is 0.148. The van der Waals surface area contributed by atoms with Crippen LogP contribution < -0.4 is 9.46 Å². The summed E-state index contributed by atoms with van der Waals surface area (Å²) in [5, 5.41) is 0. The van der Waals surface area contributed by atoms with E-state index in [9.17, 15) is 8.42 Å². The molecule has 2 aliphatic rings. The Morgan fingerprint density at radius 1 is 1.19 bits per heavy atom. The summed E-state index contributed by atoms with van der Waals surface area (Å²) in [6.45, 7) is 7.35. The lowest BCUT2D eigenvalue weighted by Crippen LogP contribution is -2.62. The Kier molecular flexibility index (Phi) is 6.43. The minimum atomic E-state index is -3.57. The van der Waals surface area contributed by atoms with Gasteiger partial charge in [0.25, 0.3) is 0 Å². The fourth-order valence-corrected chi connectivity index (χ4v) is 5.21. The van der Waals surface area contributed by atoms with Crippen molar-refractivity contribution < 1.29 is 17.9 Å². The average molecular weight is 398 g/mol. The molecule has 27 heavy (non-hydrogen) atoms. The van der Waals surface area contributed by atoms with Gasteiger partial charge in [-0.05, 0) is 63.7 Å². The Morgan fingerprint density at radius 2 is 1.85 bits per heavy atom. The molecule has 152 valence electrons. The Morgan fingerprint density at radius 3 is 2.44 bits per heavy atom. The molecule has 0 atom stereocenters. The number of methoxy groups -OCH3 is 1. The van der Waals surface area contributed by atoms with Gasteiger partial charge in [-0.3, -0.25) is 4.90 Å². The predicted molar refractivity (Wildman–Crippen MR) is 105 cm³/mol. The third-order valence-electron chi connectivity index (χ3n) is 5.87. The van der Waals surface area contributed by atoms with Crippen molar-refractivity contribution in [3.05, 3.63) is 23.8 Å². The predicted octanol–water partition coefficient (Wildman–Crippen LogP) is 1.08. The average Bonchev–Trinajstić information content (AvgIpc) is 2.68. The van der Waals surface area contributed by atoms with Crippen molar-refractivity contribution >= 4 is 10.0 Å². The highest BCUT2D eigenvalue weighted by molar-refractivity contribution is 7.89. The molecule has 0 saturated carbocycles. The number of morpholine rings is 1. The van der Waals surface area contributed by atoms with Crippen molar-refractivity contribution in [2.45, 2.75) is 30.2 Å². The van der Waals surface area contributed by atoms with Gasteiger partial charge in [0.05, 0.1) is 25.2 Å². The molecule has 0 spiro atoms. The highest BCUT2D eigenvalue weighted by Gasteiger charge is 2.40. The third-order valence-corrected chi connectivity index (χ3v) is 7.27. The molecule has 2 saturated heterocycles. The summed E-state index contributed by atoms with van der Waals surface area (Å²) in [5.41, 5.74) is 0.660. The molecule has 0 aliphatic carbocycles. The van der Waals surface area contributed by atoms with Crippen LogP contribution in [0.25, 0.3) is 0 Å². The van der Waals surface area contributed by atoms with E-state index < -0.39 is 10.0 Å². The second-order valence-corrected chi connectivity index (χ2v) is 9.35. The van der Waals surface area contributed by atoms with Crippen LogP contribution in [0.15, 0.2) is 23.1 Å². The van der Waals surface area contributed by atoms with Crippen LogP contribution in [0.4, 0.5) is 0 Å². The van der Waals surface area contributed by atoms with Crippen LogP contribution in [-0.2, 0) is 14.8 Å². The lowest BCUT2D eigenvalue weighted by atomic mass is 9.85. The fourth-order valence-electron chi connectivity index (χ4n) is 4.01. The molecule has 2 fully saturated rings. The number of likely N-dealkylation sites (tertiary alicyclic amines) is 1. The van der Waals surface area contributed by atoms with Crippen molar-refractivity contribution in [1.29, 1.82) is 0 Å². The van der Waals surface area contributed by atoms with Gasteiger partial charge < -0.3 is 14.4 Å². The quantitative estimate of drug-likeness (QED) is 0.775. The highest BCUT2D eigenvalue weighted by atomic mass is 32.2. The van der Waals surface area contributed by atoms with Crippen molar-refractivity contribution in [3.63, 3.8) is 0 Å².